The van der Waals surface area contributed by atoms with Crippen molar-refractivity contribution in [1.82, 2.24) is 4.98 Å². The molecule has 0 aliphatic carbocycles. The number of hydrogen-bond acceptors (Lipinski definition) is 5. The first-order chi connectivity index (χ1) is 14.3. The van der Waals surface area contributed by atoms with E-state index in [1.54, 1.807) is 18.2 Å². The van der Waals surface area contributed by atoms with Crippen LogP contribution in [-0.2, 0) is 5.41 Å². The van der Waals surface area contributed by atoms with Crippen LogP contribution < -0.4 is 10.6 Å². The number of furan rings is 1. The van der Waals surface area contributed by atoms with Gasteiger partial charge in [-0.15, -0.1) is 0 Å². The molecule has 0 bridgehead atoms. The number of hydrogen-bond donors (Lipinski definition) is 2. The largest absolute Gasteiger partial charge is 0.459 e. The molecule has 0 aliphatic heterocycles. The number of nitrogens with zero attached hydrogens (tertiary/aromatic N) is 1. The summed E-state index contributed by atoms with van der Waals surface area (Å²) in [5.74, 6) is -0.309. The van der Waals surface area contributed by atoms with Gasteiger partial charge in [-0.2, -0.15) is 0 Å². The molecule has 2 aromatic carbocycles. The van der Waals surface area contributed by atoms with Gasteiger partial charge in [-0.3, -0.25) is 14.9 Å². The number of amides is 2. The van der Waals surface area contributed by atoms with E-state index in [4.69, 9.17) is 4.42 Å². The van der Waals surface area contributed by atoms with E-state index in [0.717, 1.165) is 10.2 Å². The Kier molecular flexibility index (Phi) is 5.13. The molecule has 0 saturated heterocycles. The maximum atomic E-state index is 12.6. The average Bonchev–Trinajstić information content (AvgIpc) is 3.36. The molecule has 0 unspecified atom stereocenters. The summed E-state index contributed by atoms with van der Waals surface area (Å²) in [7, 11) is 0. The number of aromatic nitrogens is 1. The summed E-state index contributed by atoms with van der Waals surface area (Å²) in [6.45, 7) is 6.41. The molecule has 0 saturated carbocycles. The Balaban J connectivity index is 1.48. The van der Waals surface area contributed by atoms with Gasteiger partial charge in [0.1, 0.15) is 0 Å². The summed E-state index contributed by atoms with van der Waals surface area (Å²) >= 11 is 1.33. The van der Waals surface area contributed by atoms with Gasteiger partial charge >= 0.3 is 0 Å². The topological polar surface area (TPSA) is 84.2 Å². The van der Waals surface area contributed by atoms with Crippen molar-refractivity contribution in [2.75, 3.05) is 10.6 Å². The Morgan fingerprint density at radius 2 is 1.73 bits per heavy atom. The standard InChI is InChI=1S/C23H21N3O3S/c1-23(2,3)15-8-6-14(7-9-15)20(27)24-16-10-11-17-19(13-16)30-22(25-17)26-21(28)18-5-4-12-29-18/h4-13H,1-3H3,(H,24,27)(H,25,26,28). The first-order valence-electron chi connectivity index (χ1n) is 9.47. The van der Waals surface area contributed by atoms with E-state index >= 15 is 0 Å². The van der Waals surface area contributed by atoms with Gasteiger partial charge in [0.25, 0.3) is 11.8 Å². The highest BCUT2D eigenvalue weighted by atomic mass is 32.1. The van der Waals surface area contributed by atoms with Crippen molar-refractivity contribution in [2.45, 2.75) is 26.2 Å². The second kappa shape index (κ2) is 7.76. The monoisotopic (exact) mass is 419 g/mol. The van der Waals surface area contributed by atoms with Gasteiger partial charge in [-0.1, -0.05) is 44.2 Å². The minimum atomic E-state index is -0.355. The molecule has 152 valence electrons. The number of thiazole rings is 1. The fourth-order valence-corrected chi connectivity index (χ4v) is 3.85. The maximum Gasteiger partial charge on any atom is 0.293 e. The lowest BCUT2D eigenvalue weighted by Gasteiger charge is -2.19. The first kappa shape index (κ1) is 19.8. The van der Waals surface area contributed by atoms with Crippen LogP contribution in [0.15, 0.2) is 65.3 Å². The van der Waals surface area contributed by atoms with Gasteiger partial charge < -0.3 is 9.73 Å². The van der Waals surface area contributed by atoms with Crippen molar-refractivity contribution in [2.24, 2.45) is 0 Å². The predicted octanol–water partition coefficient (Wildman–Crippen LogP) is 5.69. The number of anilines is 2. The summed E-state index contributed by atoms with van der Waals surface area (Å²) in [6, 6.07) is 16.3. The number of fused-ring (bicyclic) bond motifs is 1. The van der Waals surface area contributed by atoms with Gasteiger partial charge in [-0.05, 0) is 53.4 Å². The second-order valence-corrected chi connectivity index (χ2v) is 8.95. The van der Waals surface area contributed by atoms with Crippen molar-refractivity contribution >= 4 is 44.2 Å². The van der Waals surface area contributed by atoms with Crippen LogP contribution in [-0.4, -0.2) is 16.8 Å². The molecule has 0 aliphatic rings. The fourth-order valence-electron chi connectivity index (χ4n) is 2.95. The van der Waals surface area contributed by atoms with Crippen molar-refractivity contribution in [1.29, 1.82) is 0 Å². The zero-order chi connectivity index (χ0) is 21.3. The summed E-state index contributed by atoms with van der Waals surface area (Å²) < 4.78 is 5.94. The fraction of sp³-hybridized carbons (Fsp3) is 0.174. The molecule has 6 nitrogen and oxygen atoms in total. The first-order valence-corrected chi connectivity index (χ1v) is 10.3. The molecular weight excluding hydrogens is 398 g/mol. The van der Waals surface area contributed by atoms with E-state index < -0.39 is 0 Å². The SMILES string of the molecule is CC(C)(C)c1ccc(C(=O)Nc2ccc3nc(NC(=O)c4ccco4)sc3c2)cc1. The van der Waals surface area contributed by atoms with Crippen molar-refractivity contribution in [3.63, 3.8) is 0 Å². The molecule has 0 spiro atoms. The van der Waals surface area contributed by atoms with Crippen molar-refractivity contribution in [3.8, 4) is 0 Å². The summed E-state index contributed by atoms with van der Waals surface area (Å²) in [4.78, 5) is 29.1. The van der Waals surface area contributed by atoms with Crippen LogP contribution in [0.3, 0.4) is 0 Å². The molecule has 0 fully saturated rings. The molecule has 2 amide bonds. The lowest BCUT2D eigenvalue weighted by molar-refractivity contribution is 0.0994. The minimum Gasteiger partial charge on any atom is -0.459 e. The number of benzene rings is 2. The highest BCUT2D eigenvalue weighted by Gasteiger charge is 2.15. The minimum absolute atomic E-state index is 0.0380. The molecule has 4 rings (SSSR count). The molecule has 30 heavy (non-hydrogen) atoms. The highest BCUT2D eigenvalue weighted by Crippen LogP contribution is 2.29. The van der Waals surface area contributed by atoms with Crippen LogP contribution >= 0.6 is 11.3 Å². The maximum absolute atomic E-state index is 12.6. The van der Waals surface area contributed by atoms with Gasteiger partial charge in [0.2, 0.25) is 0 Å². The van der Waals surface area contributed by atoms with Crippen LogP contribution in [0, 0.1) is 0 Å². The lowest BCUT2D eigenvalue weighted by Crippen LogP contribution is -2.14. The van der Waals surface area contributed by atoms with Crippen molar-refractivity contribution < 1.29 is 14.0 Å². The molecule has 0 radical (unpaired) electrons. The number of carbonyl (C=O) groups excluding carboxylic acids is 2. The Morgan fingerprint density at radius 3 is 2.40 bits per heavy atom. The quantitative estimate of drug-likeness (QED) is 0.445. The Hall–Kier alpha value is -3.45. The van der Waals surface area contributed by atoms with Gasteiger partial charge in [0.15, 0.2) is 10.9 Å². The third-order valence-corrected chi connectivity index (χ3v) is 5.56. The highest BCUT2D eigenvalue weighted by molar-refractivity contribution is 7.22. The van der Waals surface area contributed by atoms with Crippen LogP contribution in [0.25, 0.3) is 10.2 Å². The third-order valence-electron chi connectivity index (χ3n) is 4.62. The molecule has 2 N–H and O–H groups in total. The van der Waals surface area contributed by atoms with E-state index in [1.165, 1.54) is 23.2 Å². The average molecular weight is 420 g/mol. The van der Waals surface area contributed by atoms with Gasteiger partial charge in [0, 0.05) is 11.3 Å². The molecule has 7 heteroatoms. The van der Waals surface area contributed by atoms with Crippen LogP contribution in [0.2, 0.25) is 0 Å². The number of carbonyl (C=O) groups is 2. The van der Waals surface area contributed by atoms with Crippen molar-refractivity contribution in [3.05, 3.63) is 77.7 Å². The molecule has 4 aromatic rings. The van der Waals surface area contributed by atoms with Crippen LogP contribution in [0.5, 0.6) is 0 Å². The molecule has 2 heterocycles. The lowest BCUT2D eigenvalue weighted by atomic mass is 9.87. The molecule has 2 aromatic heterocycles. The zero-order valence-corrected chi connectivity index (χ0v) is 17.7. The second-order valence-electron chi connectivity index (χ2n) is 7.91. The normalized spacial score (nSPS) is 11.4. The van der Waals surface area contributed by atoms with Gasteiger partial charge in [0.05, 0.1) is 16.5 Å². The third kappa shape index (κ3) is 4.26. The summed E-state index contributed by atoms with van der Waals surface area (Å²) in [6.07, 6.45) is 1.44. The summed E-state index contributed by atoms with van der Waals surface area (Å²) in [5, 5.41) is 6.11. The van der Waals surface area contributed by atoms with E-state index in [1.807, 2.05) is 36.4 Å². The van der Waals surface area contributed by atoms with Crippen LogP contribution in [0.1, 0.15) is 47.2 Å². The van der Waals surface area contributed by atoms with E-state index in [-0.39, 0.29) is 23.0 Å². The zero-order valence-electron chi connectivity index (χ0n) is 16.9. The Labute approximate surface area is 177 Å². The predicted molar refractivity (Wildman–Crippen MR) is 119 cm³/mol. The van der Waals surface area contributed by atoms with E-state index in [2.05, 4.69) is 36.4 Å². The van der Waals surface area contributed by atoms with E-state index in [0.29, 0.717) is 16.4 Å². The van der Waals surface area contributed by atoms with E-state index in [9.17, 15) is 9.59 Å². The molecule has 0 atom stereocenters. The van der Waals surface area contributed by atoms with Crippen LogP contribution in [0.4, 0.5) is 10.8 Å². The Morgan fingerprint density at radius 1 is 0.967 bits per heavy atom. The summed E-state index contributed by atoms with van der Waals surface area (Å²) in [5.41, 5.74) is 3.21. The number of rotatable bonds is 4. The number of nitrogens with one attached hydrogen (secondary N) is 2. The Bertz CT molecular complexity index is 1200. The smallest absolute Gasteiger partial charge is 0.293 e. The molecular formula is C23H21N3O3S. The van der Waals surface area contributed by atoms with Gasteiger partial charge in [-0.25, -0.2) is 4.98 Å².